The summed E-state index contributed by atoms with van der Waals surface area (Å²) in [6.45, 7) is 15.8. The van der Waals surface area contributed by atoms with Crippen molar-refractivity contribution >= 4 is 35.6 Å². The molecule has 17 nitrogen and oxygen atoms in total. The van der Waals surface area contributed by atoms with Crippen molar-refractivity contribution in [3.8, 4) is 0 Å². The van der Waals surface area contributed by atoms with Gasteiger partial charge in [0.2, 0.25) is 23.6 Å². The second kappa shape index (κ2) is 48.5. The van der Waals surface area contributed by atoms with Crippen LogP contribution in [0.3, 0.4) is 0 Å². The number of amides is 4. The summed E-state index contributed by atoms with van der Waals surface area (Å²) in [5.41, 5.74) is 1.16. The van der Waals surface area contributed by atoms with Crippen LogP contribution in [-0.2, 0) is 52.7 Å². The van der Waals surface area contributed by atoms with Gasteiger partial charge in [0.25, 0.3) is 0 Å². The fourth-order valence-electron chi connectivity index (χ4n) is 4.62. The first-order valence-electron chi connectivity index (χ1n) is 21.3. The standard InChI is InChI=1S/C19H37N3O7.C17H32FNO2.C5H9NO3/c1-3-5-6-20-18(24)15-28-13-12-27-10-8-22-19(25)16-29-14-11-26-9-7-21-17(23)4-2;1-3-19-16(2)14-12-10-8-6-4-5-7-9-11-13-15-17(20)21-18;1-2-4(7)6-3-5(8)9/h3-16H2,1-2H3,(H,20,24)(H,21,23)(H,22,25);19H,2-15H2,1H3;2-3H2,1H3,(H,6,7)(H,8,9). The fourth-order valence-corrected chi connectivity index (χ4v) is 4.62. The molecule has 59 heavy (non-hydrogen) atoms. The highest BCUT2D eigenvalue weighted by atomic mass is 19.3. The molecule has 0 aromatic carbocycles. The van der Waals surface area contributed by atoms with Gasteiger partial charge < -0.3 is 50.6 Å². The second-order valence-electron chi connectivity index (χ2n) is 13.2. The van der Waals surface area contributed by atoms with Gasteiger partial charge in [-0.3, -0.25) is 28.9 Å². The molecule has 0 aliphatic rings. The topological polar surface area (TPSA) is 229 Å². The fraction of sp³-hybridized carbons (Fsp3) is 0.805. The molecule has 0 bridgehead atoms. The Bertz CT molecular complexity index is 1070. The number of halogens is 1. The molecule has 4 amide bonds. The summed E-state index contributed by atoms with van der Waals surface area (Å²) in [6, 6.07) is 0. The summed E-state index contributed by atoms with van der Waals surface area (Å²) < 4.78 is 32.4. The van der Waals surface area contributed by atoms with E-state index in [4.69, 9.17) is 24.1 Å². The van der Waals surface area contributed by atoms with Crippen LogP contribution in [0.15, 0.2) is 12.3 Å². The van der Waals surface area contributed by atoms with Crippen LogP contribution >= 0.6 is 0 Å². The van der Waals surface area contributed by atoms with Gasteiger partial charge in [-0.1, -0.05) is 85.1 Å². The lowest BCUT2D eigenvalue weighted by atomic mass is 10.0. The van der Waals surface area contributed by atoms with Crippen LogP contribution in [0.1, 0.15) is 130 Å². The predicted molar refractivity (Wildman–Crippen MR) is 224 cm³/mol. The first-order chi connectivity index (χ1) is 28.5. The molecule has 0 rings (SSSR count). The number of carbonyl (C=O) groups is 6. The largest absolute Gasteiger partial charge is 0.480 e. The molecule has 0 radical (unpaired) electrons. The van der Waals surface area contributed by atoms with Gasteiger partial charge in [0.1, 0.15) is 19.8 Å². The molecule has 0 saturated carbocycles. The predicted octanol–water partition coefficient (Wildman–Crippen LogP) is 4.43. The van der Waals surface area contributed by atoms with Crippen LogP contribution in [0.5, 0.6) is 0 Å². The molecule has 0 aliphatic carbocycles. The van der Waals surface area contributed by atoms with E-state index < -0.39 is 11.9 Å². The summed E-state index contributed by atoms with van der Waals surface area (Å²) >= 11 is 0. The summed E-state index contributed by atoms with van der Waals surface area (Å²) in [4.78, 5) is 67.7. The number of carbonyl (C=O) groups excluding carboxylic acids is 5. The van der Waals surface area contributed by atoms with E-state index >= 15 is 0 Å². The maximum atomic E-state index is 11.6. The average Bonchev–Trinajstić information content (AvgIpc) is 3.22. The summed E-state index contributed by atoms with van der Waals surface area (Å²) in [5, 5.41) is 21.6. The normalized spacial score (nSPS) is 10.2. The highest BCUT2D eigenvalue weighted by Crippen LogP contribution is 2.13. The minimum Gasteiger partial charge on any atom is -0.480 e. The minimum absolute atomic E-state index is 0.0109. The highest BCUT2D eigenvalue weighted by molar-refractivity contribution is 5.80. The molecular formula is C41H78FN5O12. The Morgan fingerprint density at radius 3 is 1.37 bits per heavy atom. The summed E-state index contributed by atoms with van der Waals surface area (Å²) in [6.07, 6.45) is 15.8. The molecule has 6 N–H and O–H groups in total. The molecule has 0 spiro atoms. The van der Waals surface area contributed by atoms with E-state index in [0.29, 0.717) is 72.1 Å². The number of allylic oxidation sites excluding steroid dienone is 1. The van der Waals surface area contributed by atoms with Crippen molar-refractivity contribution in [1.82, 2.24) is 26.6 Å². The Kier molecular flexibility index (Phi) is 48.9. The van der Waals surface area contributed by atoms with Crippen molar-refractivity contribution in [2.75, 3.05) is 85.6 Å². The van der Waals surface area contributed by atoms with E-state index in [1.165, 1.54) is 44.9 Å². The van der Waals surface area contributed by atoms with Gasteiger partial charge in [-0.25, -0.2) is 4.79 Å². The molecule has 0 unspecified atom stereocenters. The van der Waals surface area contributed by atoms with Crippen LogP contribution in [0.2, 0.25) is 0 Å². The third-order valence-electron chi connectivity index (χ3n) is 7.90. The van der Waals surface area contributed by atoms with Crippen LogP contribution in [0.4, 0.5) is 4.53 Å². The van der Waals surface area contributed by atoms with Gasteiger partial charge in [-0.05, 0) is 32.6 Å². The highest BCUT2D eigenvalue weighted by Gasteiger charge is 2.04. The Morgan fingerprint density at radius 1 is 0.508 bits per heavy atom. The molecule has 0 atom stereocenters. The number of unbranched alkanes of at least 4 members (excludes halogenated alkanes) is 10. The van der Waals surface area contributed by atoms with Gasteiger partial charge in [0, 0.05) is 55.7 Å². The quantitative estimate of drug-likeness (QED) is 0.0474. The smallest absolute Gasteiger partial charge is 0.348 e. The zero-order valence-corrected chi connectivity index (χ0v) is 36.5. The Labute approximate surface area is 352 Å². The van der Waals surface area contributed by atoms with Crippen molar-refractivity contribution in [3.05, 3.63) is 12.3 Å². The summed E-state index contributed by atoms with van der Waals surface area (Å²) in [5.74, 6) is -2.37. The minimum atomic E-state index is -1.02. The molecule has 0 aromatic rings. The monoisotopic (exact) mass is 852 g/mol. The lowest BCUT2D eigenvalue weighted by molar-refractivity contribution is -0.183. The number of carboxylic acids is 1. The van der Waals surface area contributed by atoms with Gasteiger partial charge in [-0.15, -0.1) is 0 Å². The van der Waals surface area contributed by atoms with E-state index in [1.807, 2.05) is 0 Å². The van der Waals surface area contributed by atoms with E-state index in [-0.39, 0.29) is 49.8 Å². The molecule has 0 aliphatic heterocycles. The Balaban J connectivity index is -0.000000907. The van der Waals surface area contributed by atoms with E-state index in [0.717, 1.165) is 50.8 Å². The van der Waals surface area contributed by atoms with Crippen LogP contribution in [-0.4, -0.2) is 126 Å². The van der Waals surface area contributed by atoms with Crippen LogP contribution < -0.4 is 26.6 Å². The van der Waals surface area contributed by atoms with Crippen LogP contribution in [0, 0.1) is 0 Å². The molecule has 18 heteroatoms. The maximum absolute atomic E-state index is 11.6. The second-order valence-corrected chi connectivity index (χ2v) is 13.2. The molecule has 0 aromatic heterocycles. The zero-order chi connectivity index (χ0) is 44.6. The SMILES string of the molecule is C=C(CCCCCCCCCCCCC(=O)OF)NCC.CCC(=O)NCC(=O)O.CCCCNC(=O)COCCOCCNC(=O)COCCOCCNC(=O)CC. The Hall–Kier alpha value is -3.87. The number of rotatable bonds is 38. The number of ether oxygens (including phenoxy) is 4. The average molecular weight is 852 g/mol. The third kappa shape index (κ3) is 54.1. The van der Waals surface area contributed by atoms with Gasteiger partial charge >= 0.3 is 11.9 Å². The van der Waals surface area contributed by atoms with E-state index in [9.17, 15) is 33.3 Å². The molecule has 0 saturated heterocycles. The lowest BCUT2D eigenvalue weighted by Crippen LogP contribution is -2.31. The molecular weight excluding hydrogens is 773 g/mol. The lowest BCUT2D eigenvalue weighted by Gasteiger charge is -2.08. The van der Waals surface area contributed by atoms with Crippen molar-refractivity contribution in [3.63, 3.8) is 0 Å². The zero-order valence-electron chi connectivity index (χ0n) is 36.5. The number of aliphatic carboxylic acids is 1. The summed E-state index contributed by atoms with van der Waals surface area (Å²) in [7, 11) is 0. The van der Waals surface area contributed by atoms with Crippen molar-refractivity contribution in [2.24, 2.45) is 0 Å². The van der Waals surface area contributed by atoms with Gasteiger partial charge in [-0.2, -0.15) is 0 Å². The van der Waals surface area contributed by atoms with Crippen LogP contribution in [0.25, 0.3) is 0 Å². The van der Waals surface area contributed by atoms with Crippen molar-refractivity contribution < 1.29 is 62.3 Å². The third-order valence-corrected chi connectivity index (χ3v) is 7.90. The maximum Gasteiger partial charge on any atom is 0.348 e. The first kappa shape index (κ1) is 59.4. The van der Waals surface area contributed by atoms with Crippen molar-refractivity contribution in [2.45, 2.75) is 130 Å². The number of hydrogen-bond donors (Lipinski definition) is 6. The van der Waals surface area contributed by atoms with E-state index in [2.05, 4.69) is 52.0 Å². The Morgan fingerprint density at radius 2 is 0.932 bits per heavy atom. The molecule has 0 fully saturated rings. The number of carboxylic acid groups (broad SMARTS) is 1. The number of hydrogen-bond acceptors (Lipinski definition) is 12. The number of nitrogens with one attached hydrogen (secondary N) is 5. The first-order valence-corrected chi connectivity index (χ1v) is 21.3. The van der Waals surface area contributed by atoms with Gasteiger partial charge in [0.05, 0.1) is 39.6 Å². The van der Waals surface area contributed by atoms with E-state index in [1.54, 1.807) is 13.8 Å². The molecule has 346 valence electrons. The molecule has 0 heterocycles. The van der Waals surface area contributed by atoms with Crippen molar-refractivity contribution in [1.29, 1.82) is 0 Å². The van der Waals surface area contributed by atoms with Gasteiger partial charge in [0.15, 0.2) is 0 Å².